The Morgan fingerprint density at radius 2 is 1.86 bits per heavy atom. The quantitative estimate of drug-likeness (QED) is 0.424. The van der Waals surface area contributed by atoms with Gasteiger partial charge in [-0.2, -0.15) is 0 Å². The van der Waals surface area contributed by atoms with Crippen LogP contribution < -0.4 is 15.0 Å². The van der Waals surface area contributed by atoms with E-state index >= 15 is 0 Å². The summed E-state index contributed by atoms with van der Waals surface area (Å²) in [5, 5.41) is 13.0. The minimum Gasteiger partial charge on any atom is -0.496 e. The predicted molar refractivity (Wildman–Crippen MR) is 139 cm³/mol. The summed E-state index contributed by atoms with van der Waals surface area (Å²) in [6.45, 7) is 6.27. The van der Waals surface area contributed by atoms with Gasteiger partial charge in [-0.3, -0.25) is 9.59 Å². The number of aryl methyl sites for hydroxylation is 1. The number of benzene rings is 2. The van der Waals surface area contributed by atoms with Crippen LogP contribution in [0.2, 0.25) is 0 Å². The molecule has 2 aromatic carbocycles. The highest BCUT2D eigenvalue weighted by Gasteiger charge is 2.43. The number of hydrogen-bond acceptors (Lipinski definition) is 6. The van der Waals surface area contributed by atoms with Gasteiger partial charge in [0.1, 0.15) is 10.8 Å². The van der Waals surface area contributed by atoms with Crippen molar-refractivity contribution in [3.63, 3.8) is 0 Å². The highest BCUT2D eigenvalue weighted by molar-refractivity contribution is 7.15. The lowest BCUT2D eigenvalue weighted by molar-refractivity contribution is -0.125. The molecule has 184 valence electrons. The Morgan fingerprint density at radius 3 is 2.54 bits per heavy atom. The van der Waals surface area contributed by atoms with E-state index in [4.69, 9.17) is 4.74 Å². The number of nitrogens with one attached hydrogen (secondary N) is 1. The molecule has 1 N–H and O–H groups in total. The van der Waals surface area contributed by atoms with E-state index in [-0.39, 0.29) is 18.2 Å². The van der Waals surface area contributed by atoms with E-state index in [1.807, 2.05) is 55.5 Å². The first kappa shape index (κ1) is 24.9. The van der Waals surface area contributed by atoms with Gasteiger partial charge in [-0.1, -0.05) is 61.1 Å². The Balaban J connectivity index is 1.71. The van der Waals surface area contributed by atoms with Crippen LogP contribution in [-0.4, -0.2) is 29.1 Å². The van der Waals surface area contributed by atoms with Gasteiger partial charge < -0.3 is 15.0 Å². The lowest BCUT2D eigenvalue weighted by Gasteiger charge is -2.41. The van der Waals surface area contributed by atoms with E-state index in [9.17, 15) is 9.59 Å². The summed E-state index contributed by atoms with van der Waals surface area (Å²) in [5.41, 5.74) is 2.67. The van der Waals surface area contributed by atoms with Crippen molar-refractivity contribution in [1.29, 1.82) is 0 Å². The van der Waals surface area contributed by atoms with Crippen LogP contribution in [0, 0.1) is 12.8 Å². The Kier molecular flexibility index (Phi) is 7.80. The number of anilines is 2. The lowest BCUT2D eigenvalue weighted by Crippen LogP contribution is -2.47. The molecule has 0 saturated carbocycles. The van der Waals surface area contributed by atoms with E-state index < -0.39 is 12.0 Å². The summed E-state index contributed by atoms with van der Waals surface area (Å²) in [6, 6.07) is 14.9. The van der Waals surface area contributed by atoms with E-state index in [0.717, 1.165) is 34.7 Å². The average Bonchev–Trinajstić information content (AvgIpc) is 3.33. The lowest BCUT2D eigenvalue weighted by atomic mass is 9.82. The molecule has 2 heterocycles. The number of ether oxygens (including phenoxy) is 1. The van der Waals surface area contributed by atoms with Gasteiger partial charge in [-0.15, -0.1) is 10.2 Å². The average molecular weight is 493 g/mol. The minimum absolute atomic E-state index is 0.0132. The molecule has 0 aliphatic carbocycles. The van der Waals surface area contributed by atoms with Crippen molar-refractivity contribution in [3.05, 3.63) is 64.7 Å². The Bertz CT molecular complexity index is 1170. The number of hydrogen-bond donors (Lipinski definition) is 1. The summed E-state index contributed by atoms with van der Waals surface area (Å²) in [6.07, 6.45) is 2.68. The number of methoxy groups -OCH3 is 1. The van der Waals surface area contributed by atoms with Crippen molar-refractivity contribution in [1.82, 2.24) is 10.2 Å². The molecule has 1 fully saturated rings. The molecule has 2 atom stereocenters. The zero-order chi connectivity index (χ0) is 24.9. The van der Waals surface area contributed by atoms with E-state index in [0.29, 0.717) is 23.2 Å². The third-order valence-corrected chi connectivity index (χ3v) is 7.71. The summed E-state index contributed by atoms with van der Waals surface area (Å²) in [7, 11) is 1.61. The number of carbonyl (C=O) groups excluding carboxylic acids is 2. The molecule has 0 bridgehead atoms. The van der Waals surface area contributed by atoms with Crippen LogP contribution in [0.4, 0.5) is 10.8 Å². The van der Waals surface area contributed by atoms with Crippen molar-refractivity contribution < 1.29 is 14.3 Å². The highest BCUT2D eigenvalue weighted by atomic mass is 32.1. The topological polar surface area (TPSA) is 84.4 Å². The minimum atomic E-state index is -0.512. The van der Waals surface area contributed by atoms with Gasteiger partial charge >= 0.3 is 0 Å². The van der Waals surface area contributed by atoms with E-state index in [2.05, 4.69) is 29.4 Å². The standard InChI is InChI=1S/C27H32N4O3S/c1-5-18(6-2)26-29-30-27(35-26)28-25(33)21-15-16-23(32)31(19-13-11-17(3)12-14-19)24(21)20-9-7-8-10-22(20)34-4/h7-14,18,21,24H,5-6,15-16H2,1-4H3,(H,28,30,33). The number of carbonyl (C=O) groups is 2. The third kappa shape index (κ3) is 5.22. The maximum atomic E-state index is 13.7. The number of piperidine rings is 1. The van der Waals surface area contributed by atoms with Crippen molar-refractivity contribution in [2.24, 2.45) is 5.92 Å². The van der Waals surface area contributed by atoms with Crippen LogP contribution in [0.3, 0.4) is 0 Å². The molecular formula is C27H32N4O3S. The Hall–Kier alpha value is -3.26. The molecule has 35 heavy (non-hydrogen) atoms. The van der Waals surface area contributed by atoms with Crippen LogP contribution >= 0.6 is 11.3 Å². The van der Waals surface area contributed by atoms with Gasteiger partial charge in [-0.05, 0) is 44.4 Å². The first-order chi connectivity index (χ1) is 17.0. The molecule has 1 aliphatic rings. The van der Waals surface area contributed by atoms with Gasteiger partial charge in [-0.25, -0.2) is 0 Å². The van der Waals surface area contributed by atoms with Crippen molar-refractivity contribution >= 4 is 34.0 Å². The Labute approximate surface area is 210 Å². The van der Waals surface area contributed by atoms with E-state index in [1.165, 1.54) is 11.3 Å². The fourth-order valence-electron chi connectivity index (χ4n) is 4.73. The number of aromatic nitrogens is 2. The summed E-state index contributed by atoms with van der Waals surface area (Å²) in [5.74, 6) is 0.321. The van der Waals surface area contributed by atoms with Gasteiger partial charge in [0.2, 0.25) is 16.9 Å². The molecule has 1 aromatic heterocycles. The molecule has 2 unspecified atom stereocenters. The first-order valence-corrected chi connectivity index (χ1v) is 12.9. The number of rotatable bonds is 8. The SMILES string of the molecule is CCC(CC)c1nnc(NC(=O)C2CCC(=O)N(c3ccc(C)cc3)C2c2ccccc2OC)s1. The van der Waals surface area contributed by atoms with Gasteiger partial charge in [0.25, 0.3) is 0 Å². The fraction of sp³-hybridized carbons (Fsp3) is 0.407. The van der Waals surface area contributed by atoms with Crippen molar-refractivity contribution in [2.75, 3.05) is 17.3 Å². The molecule has 2 amide bonds. The van der Waals surface area contributed by atoms with Crippen LogP contribution in [0.5, 0.6) is 5.75 Å². The molecule has 0 radical (unpaired) electrons. The molecule has 0 spiro atoms. The second-order valence-electron chi connectivity index (χ2n) is 8.88. The van der Waals surface area contributed by atoms with Crippen LogP contribution in [-0.2, 0) is 9.59 Å². The van der Waals surface area contributed by atoms with Crippen molar-refractivity contribution in [3.8, 4) is 5.75 Å². The number of nitrogens with zero attached hydrogens (tertiary/aromatic N) is 3. The van der Waals surface area contributed by atoms with E-state index in [1.54, 1.807) is 12.0 Å². The highest BCUT2D eigenvalue weighted by Crippen LogP contribution is 2.43. The third-order valence-electron chi connectivity index (χ3n) is 6.71. The summed E-state index contributed by atoms with van der Waals surface area (Å²) >= 11 is 1.43. The molecule has 1 aliphatic heterocycles. The van der Waals surface area contributed by atoms with Gasteiger partial charge in [0.05, 0.1) is 19.1 Å². The van der Waals surface area contributed by atoms with Gasteiger partial charge in [0.15, 0.2) is 0 Å². The number of amides is 2. The molecular weight excluding hydrogens is 460 g/mol. The summed E-state index contributed by atoms with van der Waals surface area (Å²) < 4.78 is 5.65. The maximum absolute atomic E-state index is 13.7. The normalized spacial score (nSPS) is 18.1. The maximum Gasteiger partial charge on any atom is 0.231 e. The number of para-hydroxylation sites is 1. The molecule has 7 nitrogen and oxygen atoms in total. The smallest absolute Gasteiger partial charge is 0.231 e. The summed E-state index contributed by atoms with van der Waals surface area (Å²) in [4.78, 5) is 28.7. The fourth-order valence-corrected chi connectivity index (χ4v) is 5.74. The molecule has 4 rings (SSSR count). The zero-order valence-electron chi connectivity index (χ0n) is 20.7. The molecule has 1 saturated heterocycles. The Morgan fingerprint density at radius 1 is 1.14 bits per heavy atom. The molecule has 8 heteroatoms. The second-order valence-corrected chi connectivity index (χ2v) is 9.89. The largest absolute Gasteiger partial charge is 0.496 e. The molecule has 3 aromatic rings. The first-order valence-electron chi connectivity index (χ1n) is 12.1. The van der Waals surface area contributed by atoms with Crippen LogP contribution in [0.1, 0.15) is 67.6 Å². The van der Waals surface area contributed by atoms with Crippen LogP contribution in [0.15, 0.2) is 48.5 Å². The van der Waals surface area contributed by atoms with Crippen molar-refractivity contribution in [2.45, 2.75) is 58.4 Å². The van der Waals surface area contributed by atoms with Gasteiger partial charge in [0, 0.05) is 23.6 Å². The zero-order valence-corrected chi connectivity index (χ0v) is 21.5. The second kappa shape index (κ2) is 11.0. The predicted octanol–water partition coefficient (Wildman–Crippen LogP) is 5.88. The van der Waals surface area contributed by atoms with Crippen LogP contribution in [0.25, 0.3) is 0 Å². The monoisotopic (exact) mass is 492 g/mol.